The van der Waals surface area contributed by atoms with Crippen molar-refractivity contribution in [3.05, 3.63) is 24.3 Å². The van der Waals surface area contributed by atoms with Crippen LogP contribution in [0.15, 0.2) is 24.3 Å². The van der Waals surface area contributed by atoms with Crippen molar-refractivity contribution in [3.63, 3.8) is 0 Å². The van der Waals surface area contributed by atoms with Crippen molar-refractivity contribution in [2.24, 2.45) is 5.41 Å². The Morgan fingerprint density at radius 1 is 1.05 bits per heavy atom. The van der Waals surface area contributed by atoms with Gasteiger partial charge < -0.3 is 14.8 Å². The number of hydrogen-bond donors (Lipinski definition) is 1. The van der Waals surface area contributed by atoms with E-state index in [1.807, 2.05) is 24.3 Å². The normalized spacial score (nSPS) is 11.4. The molecule has 0 aliphatic heterocycles. The van der Waals surface area contributed by atoms with Crippen molar-refractivity contribution in [2.45, 2.75) is 46.5 Å². The summed E-state index contributed by atoms with van der Waals surface area (Å²) < 4.78 is 10.8. The van der Waals surface area contributed by atoms with Crippen LogP contribution in [0.5, 0.6) is 11.5 Å². The van der Waals surface area contributed by atoms with Gasteiger partial charge in [-0.1, -0.05) is 40.0 Å². The summed E-state index contributed by atoms with van der Waals surface area (Å²) in [6, 6.07) is 7.71. The third-order valence-electron chi connectivity index (χ3n) is 3.67. The van der Waals surface area contributed by atoms with Crippen molar-refractivity contribution in [1.82, 2.24) is 5.32 Å². The summed E-state index contributed by atoms with van der Waals surface area (Å²) in [6.45, 7) is 9.53. The van der Waals surface area contributed by atoms with Gasteiger partial charge in [0.15, 0.2) is 0 Å². The Morgan fingerprint density at radius 3 is 2.33 bits per heavy atom. The Hall–Kier alpha value is -1.22. The maximum atomic E-state index is 5.70. The maximum Gasteiger partial charge on any atom is 0.119 e. The third-order valence-corrected chi connectivity index (χ3v) is 3.67. The van der Waals surface area contributed by atoms with Crippen LogP contribution in [0, 0.1) is 5.41 Å². The number of rotatable bonds is 11. The van der Waals surface area contributed by atoms with Crippen LogP contribution in [0.2, 0.25) is 0 Å². The van der Waals surface area contributed by atoms with E-state index < -0.39 is 0 Å². The Morgan fingerprint density at radius 2 is 1.71 bits per heavy atom. The molecule has 21 heavy (non-hydrogen) atoms. The molecule has 0 saturated carbocycles. The lowest BCUT2D eigenvalue weighted by molar-refractivity contribution is 0.273. The van der Waals surface area contributed by atoms with Crippen molar-refractivity contribution in [1.29, 1.82) is 0 Å². The molecule has 0 atom stereocenters. The standard InChI is InChI=1S/C18H31NO2/c1-5-6-7-12-18(2,3)15-19-13-14-21-17-10-8-16(20-4)9-11-17/h8-11,19H,5-7,12-15H2,1-4H3. The third kappa shape index (κ3) is 7.96. The van der Waals surface area contributed by atoms with Gasteiger partial charge >= 0.3 is 0 Å². The average molecular weight is 293 g/mol. The molecule has 0 unspecified atom stereocenters. The highest BCUT2D eigenvalue weighted by atomic mass is 16.5. The zero-order valence-corrected chi connectivity index (χ0v) is 14.1. The molecule has 1 rings (SSSR count). The highest BCUT2D eigenvalue weighted by molar-refractivity contribution is 5.31. The molecule has 1 N–H and O–H groups in total. The quantitative estimate of drug-likeness (QED) is 0.618. The summed E-state index contributed by atoms with van der Waals surface area (Å²) in [5.74, 6) is 1.74. The number of hydrogen-bond acceptors (Lipinski definition) is 3. The molecular formula is C18H31NO2. The van der Waals surface area contributed by atoms with Gasteiger partial charge in [0, 0.05) is 13.1 Å². The minimum atomic E-state index is 0.370. The van der Waals surface area contributed by atoms with E-state index in [0.29, 0.717) is 12.0 Å². The van der Waals surface area contributed by atoms with Crippen LogP contribution in [-0.4, -0.2) is 26.8 Å². The fraction of sp³-hybridized carbons (Fsp3) is 0.667. The molecule has 1 aromatic carbocycles. The fourth-order valence-corrected chi connectivity index (χ4v) is 2.28. The number of unbranched alkanes of at least 4 members (excludes halogenated alkanes) is 2. The lowest BCUT2D eigenvalue weighted by atomic mass is 9.87. The average Bonchev–Trinajstić information content (AvgIpc) is 2.47. The summed E-state index contributed by atoms with van der Waals surface area (Å²) >= 11 is 0. The molecule has 3 nitrogen and oxygen atoms in total. The van der Waals surface area contributed by atoms with Gasteiger partial charge in [0.25, 0.3) is 0 Å². The van der Waals surface area contributed by atoms with Gasteiger partial charge in [-0.3, -0.25) is 0 Å². The van der Waals surface area contributed by atoms with E-state index in [-0.39, 0.29) is 0 Å². The molecule has 0 radical (unpaired) electrons. The van der Waals surface area contributed by atoms with E-state index in [2.05, 4.69) is 26.1 Å². The molecule has 120 valence electrons. The molecule has 0 aromatic heterocycles. The van der Waals surface area contributed by atoms with E-state index in [1.54, 1.807) is 7.11 Å². The first-order valence-corrected chi connectivity index (χ1v) is 8.05. The Bertz CT molecular complexity index is 373. The van der Waals surface area contributed by atoms with Crippen molar-refractivity contribution in [3.8, 4) is 11.5 Å². The predicted octanol–water partition coefficient (Wildman–Crippen LogP) is 4.27. The van der Waals surface area contributed by atoms with Crippen LogP contribution in [0.25, 0.3) is 0 Å². The van der Waals surface area contributed by atoms with Gasteiger partial charge in [-0.2, -0.15) is 0 Å². The first kappa shape index (κ1) is 17.8. The number of benzene rings is 1. The van der Waals surface area contributed by atoms with E-state index in [1.165, 1.54) is 25.7 Å². The summed E-state index contributed by atoms with van der Waals surface area (Å²) in [7, 11) is 1.67. The van der Waals surface area contributed by atoms with E-state index in [0.717, 1.165) is 24.6 Å². The molecule has 0 aliphatic rings. The molecule has 0 spiro atoms. The molecule has 0 bridgehead atoms. The van der Waals surface area contributed by atoms with Crippen molar-refractivity contribution >= 4 is 0 Å². The van der Waals surface area contributed by atoms with Crippen LogP contribution in [-0.2, 0) is 0 Å². The van der Waals surface area contributed by atoms with Crippen LogP contribution >= 0.6 is 0 Å². The predicted molar refractivity (Wildman–Crippen MR) is 89.3 cm³/mol. The monoisotopic (exact) mass is 293 g/mol. The van der Waals surface area contributed by atoms with E-state index in [9.17, 15) is 0 Å². The highest BCUT2D eigenvalue weighted by Crippen LogP contribution is 2.22. The number of nitrogens with one attached hydrogen (secondary N) is 1. The van der Waals surface area contributed by atoms with Gasteiger partial charge in [-0.25, -0.2) is 0 Å². The smallest absolute Gasteiger partial charge is 0.119 e. The maximum absolute atomic E-state index is 5.70. The van der Waals surface area contributed by atoms with Crippen LogP contribution in [0.3, 0.4) is 0 Å². The number of ether oxygens (including phenoxy) is 2. The summed E-state index contributed by atoms with van der Waals surface area (Å²) in [5, 5.41) is 3.50. The van der Waals surface area contributed by atoms with Gasteiger partial charge in [0.1, 0.15) is 18.1 Å². The van der Waals surface area contributed by atoms with E-state index in [4.69, 9.17) is 9.47 Å². The minimum Gasteiger partial charge on any atom is -0.497 e. The summed E-state index contributed by atoms with van der Waals surface area (Å²) in [4.78, 5) is 0. The first-order valence-electron chi connectivity index (χ1n) is 8.05. The van der Waals surface area contributed by atoms with Crippen molar-refractivity contribution < 1.29 is 9.47 Å². The van der Waals surface area contributed by atoms with Gasteiger partial charge in [0.05, 0.1) is 7.11 Å². The summed E-state index contributed by atoms with van der Waals surface area (Å²) in [6.07, 6.45) is 5.24. The van der Waals surface area contributed by atoms with Crippen molar-refractivity contribution in [2.75, 3.05) is 26.8 Å². The second-order valence-electron chi connectivity index (χ2n) is 6.32. The minimum absolute atomic E-state index is 0.370. The largest absolute Gasteiger partial charge is 0.497 e. The molecule has 3 heteroatoms. The van der Waals surface area contributed by atoms with Gasteiger partial charge in [0.2, 0.25) is 0 Å². The molecular weight excluding hydrogens is 262 g/mol. The second-order valence-corrected chi connectivity index (χ2v) is 6.32. The summed E-state index contributed by atoms with van der Waals surface area (Å²) in [5.41, 5.74) is 0.370. The molecule has 0 amide bonds. The lowest BCUT2D eigenvalue weighted by Crippen LogP contribution is -2.32. The molecule has 0 heterocycles. The van der Waals surface area contributed by atoms with Gasteiger partial charge in [-0.05, 0) is 36.1 Å². The second kappa shape index (κ2) is 9.67. The zero-order valence-electron chi connectivity index (χ0n) is 14.1. The number of methoxy groups -OCH3 is 1. The Balaban J connectivity index is 2.12. The first-order chi connectivity index (χ1) is 10.1. The van der Waals surface area contributed by atoms with Gasteiger partial charge in [-0.15, -0.1) is 0 Å². The zero-order chi connectivity index (χ0) is 15.6. The fourth-order valence-electron chi connectivity index (χ4n) is 2.28. The Kier molecular flexibility index (Phi) is 8.21. The molecule has 1 aromatic rings. The SMILES string of the molecule is CCCCCC(C)(C)CNCCOc1ccc(OC)cc1. The topological polar surface area (TPSA) is 30.5 Å². The molecule has 0 aliphatic carbocycles. The Labute approximate surface area is 130 Å². The molecule has 0 fully saturated rings. The van der Waals surface area contributed by atoms with E-state index >= 15 is 0 Å². The van der Waals surface area contributed by atoms with Crippen LogP contribution in [0.1, 0.15) is 46.5 Å². The molecule has 0 saturated heterocycles. The van der Waals surface area contributed by atoms with Crippen LogP contribution in [0.4, 0.5) is 0 Å². The lowest BCUT2D eigenvalue weighted by Gasteiger charge is -2.25. The van der Waals surface area contributed by atoms with Crippen LogP contribution < -0.4 is 14.8 Å². The highest BCUT2D eigenvalue weighted by Gasteiger charge is 2.16.